The summed E-state index contributed by atoms with van der Waals surface area (Å²) in [6.45, 7) is 6.03. The molecule has 0 unspecified atom stereocenters. The quantitative estimate of drug-likeness (QED) is 0.689. The number of aromatic amines is 1. The van der Waals surface area contributed by atoms with Crippen molar-refractivity contribution in [3.05, 3.63) is 72.7 Å². The third-order valence-electron chi connectivity index (χ3n) is 3.82. The van der Waals surface area contributed by atoms with Gasteiger partial charge in [0.25, 0.3) is 5.56 Å². The second kappa shape index (κ2) is 7.09. The number of H-pyrrole nitrogens is 1. The van der Waals surface area contributed by atoms with Gasteiger partial charge < -0.3 is 5.11 Å². The van der Waals surface area contributed by atoms with Gasteiger partial charge in [-0.1, -0.05) is 29.8 Å². The Morgan fingerprint density at radius 1 is 1.27 bits per heavy atom. The zero-order valence-electron chi connectivity index (χ0n) is 14.6. The minimum absolute atomic E-state index is 0.00432. The molecule has 0 radical (unpaired) electrons. The lowest BCUT2D eigenvalue weighted by Crippen LogP contribution is -2.22. The molecule has 2 aromatic heterocycles. The number of nitrogens with zero attached hydrogens (tertiary/aromatic N) is 3. The van der Waals surface area contributed by atoms with Gasteiger partial charge in [-0.15, -0.1) is 0 Å². The first-order chi connectivity index (χ1) is 12.3. The normalized spacial score (nSPS) is 11.7. The molecule has 1 aromatic carbocycles. The Morgan fingerprint density at radius 3 is 2.62 bits per heavy atom. The molecule has 0 aliphatic heterocycles. The van der Waals surface area contributed by atoms with Crippen LogP contribution in [0.3, 0.4) is 0 Å². The molecule has 0 spiro atoms. The molecular weight excluding hydrogens is 352 g/mol. The third-order valence-corrected chi connectivity index (χ3v) is 4.51. The predicted octanol–water partition coefficient (Wildman–Crippen LogP) is 2.50. The largest absolute Gasteiger partial charge is 0.499 e. The van der Waals surface area contributed by atoms with E-state index in [1.165, 1.54) is 5.56 Å². The van der Waals surface area contributed by atoms with Gasteiger partial charge in [0, 0.05) is 6.07 Å². The molecule has 0 saturated heterocycles. The van der Waals surface area contributed by atoms with Crippen molar-refractivity contribution < 1.29 is 5.11 Å². The van der Waals surface area contributed by atoms with Crippen LogP contribution in [0, 0.1) is 13.8 Å². The molecule has 0 bridgehead atoms. The van der Waals surface area contributed by atoms with Crippen LogP contribution in [-0.4, -0.2) is 25.6 Å². The number of aromatic nitrogens is 3. The maximum atomic E-state index is 12.0. The fraction of sp³-hybridized carbons (Fsp3) is 0.222. The molecule has 0 aliphatic carbocycles. The van der Waals surface area contributed by atoms with Crippen LogP contribution in [0.5, 0.6) is 5.06 Å². The van der Waals surface area contributed by atoms with Gasteiger partial charge in [-0.05, 0) is 37.7 Å². The summed E-state index contributed by atoms with van der Waals surface area (Å²) in [5, 5.41) is 14.1. The van der Waals surface area contributed by atoms with E-state index in [1.54, 1.807) is 17.7 Å². The van der Waals surface area contributed by atoms with Gasteiger partial charge in [0.1, 0.15) is 5.56 Å². The molecule has 26 heavy (non-hydrogen) atoms. The molecule has 0 atom stereocenters. The number of benzene rings is 1. The van der Waals surface area contributed by atoms with Gasteiger partial charge in [0.05, 0.1) is 18.0 Å². The molecule has 2 heterocycles. The smallest absolute Gasteiger partial charge is 0.310 e. The highest BCUT2D eigenvalue weighted by molar-refractivity contribution is 7.11. The predicted molar refractivity (Wildman–Crippen MR) is 102 cm³/mol. The number of rotatable bonds is 4. The van der Waals surface area contributed by atoms with Crippen LogP contribution in [0.25, 0.3) is 0 Å². The zero-order chi connectivity index (χ0) is 18.8. The Balaban J connectivity index is 2.00. The lowest BCUT2D eigenvalue weighted by molar-refractivity contribution is 0.487. The average molecular weight is 370 g/mol. The number of aromatic hydroxyl groups is 1. The highest BCUT2D eigenvalue weighted by Crippen LogP contribution is 2.21. The van der Waals surface area contributed by atoms with Crippen LogP contribution in [-0.2, 0) is 6.54 Å². The minimum Gasteiger partial charge on any atom is -0.499 e. The lowest BCUT2D eigenvalue weighted by Gasteiger charge is -2.06. The maximum Gasteiger partial charge on any atom is 0.310 e. The topological polar surface area (TPSA) is 100 Å². The van der Waals surface area contributed by atoms with Crippen LogP contribution in [0.4, 0.5) is 5.82 Å². The molecule has 3 aromatic rings. The second-order valence-electron chi connectivity index (χ2n) is 6.01. The first-order valence-electron chi connectivity index (χ1n) is 7.95. The summed E-state index contributed by atoms with van der Waals surface area (Å²) in [7, 11) is 0. The van der Waals surface area contributed by atoms with Gasteiger partial charge >= 0.3 is 4.87 Å². The Hall–Kier alpha value is -3.00. The summed E-state index contributed by atoms with van der Waals surface area (Å²) in [6.07, 6.45) is 0. The summed E-state index contributed by atoms with van der Waals surface area (Å²) < 4.78 is 1.74. The van der Waals surface area contributed by atoms with Crippen LogP contribution in [0.15, 0.2) is 44.9 Å². The lowest BCUT2D eigenvalue weighted by atomic mass is 10.1. The molecule has 0 fully saturated rings. The van der Waals surface area contributed by atoms with Gasteiger partial charge in [0.2, 0.25) is 0 Å². The Labute approximate surface area is 153 Å². The van der Waals surface area contributed by atoms with E-state index < -0.39 is 10.4 Å². The maximum absolute atomic E-state index is 12.0. The van der Waals surface area contributed by atoms with Crippen LogP contribution >= 0.6 is 11.3 Å². The van der Waals surface area contributed by atoms with Crippen molar-refractivity contribution in [2.75, 3.05) is 0 Å². The van der Waals surface area contributed by atoms with Gasteiger partial charge in [-0.2, -0.15) is 5.10 Å². The fourth-order valence-electron chi connectivity index (χ4n) is 2.57. The molecular formula is C18H18N4O3S. The van der Waals surface area contributed by atoms with E-state index in [-0.39, 0.29) is 10.6 Å². The van der Waals surface area contributed by atoms with E-state index in [0.29, 0.717) is 29.4 Å². The molecule has 0 amide bonds. The van der Waals surface area contributed by atoms with Crippen LogP contribution in [0.1, 0.15) is 29.3 Å². The summed E-state index contributed by atoms with van der Waals surface area (Å²) >= 11 is 0.566. The molecule has 8 heteroatoms. The second-order valence-corrected chi connectivity index (χ2v) is 6.97. The van der Waals surface area contributed by atoms with Crippen molar-refractivity contribution in [1.82, 2.24) is 14.8 Å². The van der Waals surface area contributed by atoms with Gasteiger partial charge in [0.15, 0.2) is 10.9 Å². The van der Waals surface area contributed by atoms with Gasteiger partial charge in [-0.25, -0.2) is 9.67 Å². The van der Waals surface area contributed by atoms with Crippen molar-refractivity contribution in [2.45, 2.75) is 27.3 Å². The molecule has 0 aliphatic rings. The number of hydrogen-bond donors (Lipinski definition) is 2. The Kier molecular flexibility index (Phi) is 4.85. The minimum atomic E-state index is -0.658. The molecule has 2 N–H and O–H groups in total. The SMILES string of the molecule is C/C(=N\c1cc(C)nn1Cc1ccc(C)cc1)c1c(O)sc(=O)[nH]c1=O. The number of nitrogens with one attached hydrogen (secondary N) is 1. The monoisotopic (exact) mass is 370 g/mol. The van der Waals surface area contributed by atoms with Crippen molar-refractivity contribution >= 4 is 22.9 Å². The van der Waals surface area contributed by atoms with E-state index in [4.69, 9.17) is 0 Å². The first kappa shape index (κ1) is 17.8. The zero-order valence-corrected chi connectivity index (χ0v) is 15.4. The molecule has 7 nitrogen and oxygen atoms in total. The highest BCUT2D eigenvalue weighted by Gasteiger charge is 2.14. The van der Waals surface area contributed by atoms with Crippen molar-refractivity contribution in [3.63, 3.8) is 0 Å². The number of hydrogen-bond acceptors (Lipinski definition) is 6. The number of aliphatic imine (C=N–C) groups is 1. The highest BCUT2D eigenvalue weighted by atomic mass is 32.1. The van der Waals surface area contributed by atoms with Gasteiger partial charge in [-0.3, -0.25) is 14.6 Å². The van der Waals surface area contributed by atoms with E-state index >= 15 is 0 Å². The van der Waals surface area contributed by atoms with E-state index in [9.17, 15) is 14.7 Å². The van der Waals surface area contributed by atoms with Crippen molar-refractivity contribution in [2.24, 2.45) is 4.99 Å². The summed E-state index contributed by atoms with van der Waals surface area (Å²) in [4.78, 5) is 29.3. The molecule has 0 saturated carbocycles. The molecule has 3 rings (SSSR count). The first-order valence-corrected chi connectivity index (χ1v) is 8.77. The van der Waals surface area contributed by atoms with E-state index in [1.807, 2.05) is 38.1 Å². The number of aryl methyl sites for hydroxylation is 2. The van der Waals surface area contributed by atoms with Crippen molar-refractivity contribution in [3.8, 4) is 5.06 Å². The summed E-state index contributed by atoms with van der Waals surface area (Å²) in [5.74, 6) is 0.565. The van der Waals surface area contributed by atoms with E-state index in [0.717, 1.165) is 11.3 Å². The summed E-state index contributed by atoms with van der Waals surface area (Å²) in [5.41, 5.74) is 2.69. The Morgan fingerprint density at radius 2 is 1.96 bits per heavy atom. The van der Waals surface area contributed by atoms with Crippen LogP contribution < -0.4 is 10.4 Å². The average Bonchev–Trinajstić information content (AvgIpc) is 2.87. The summed E-state index contributed by atoms with van der Waals surface area (Å²) in [6, 6.07) is 9.91. The Bertz CT molecular complexity index is 1090. The third kappa shape index (κ3) is 3.80. The van der Waals surface area contributed by atoms with Crippen molar-refractivity contribution in [1.29, 1.82) is 0 Å². The van der Waals surface area contributed by atoms with E-state index in [2.05, 4.69) is 15.1 Å². The fourth-order valence-corrected chi connectivity index (χ4v) is 3.23. The molecule has 134 valence electrons. The van der Waals surface area contributed by atoms with Crippen LogP contribution in [0.2, 0.25) is 0 Å². The standard InChI is InChI=1S/C18H18N4O3S/c1-10-4-6-13(7-5-10)9-22-14(8-11(2)21-22)19-12(3)15-16(23)20-18(25)26-17(15)24/h4-8,24H,9H2,1-3H3,(H,20,23,25)/b19-12+.